The zero-order valence-electron chi connectivity index (χ0n) is 10.8. The van der Waals surface area contributed by atoms with Crippen LogP contribution in [-0.2, 0) is 12.3 Å². The summed E-state index contributed by atoms with van der Waals surface area (Å²) in [6.45, 7) is 0.620. The van der Waals surface area contributed by atoms with E-state index >= 15 is 0 Å². The average molecular weight is 281 g/mol. The lowest BCUT2D eigenvalue weighted by Gasteiger charge is -2.13. The second-order valence-electron chi connectivity index (χ2n) is 4.07. The van der Waals surface area contributed by atoms with E-state index in [1.165, 1.54) is 0 Å². The highest BCUT2D eigenvalue weighted by Gasteiger charge is 2.15. The first-order chi connectivity index (χ1) is 9.31. The van der Waals surface area contributed by atoms with Crippen LogP contribution in [0.15, 0.2) is 24.3 Å². The highest BCUT2D eigenvalue weighted by atomic mass is 35.5. The summed E-state index contributed by atoms with van der Waals surface area (Å²) in [4.78, 5) is 0. The van der Waals surface area contributed by atoms with Gasteiger partial charge in [-0.2, -0.15) is 0 Å². The van der Waals surface area contributed by atoms with Gasteiger partial charge in [0.15, 0.2) is 5.82 Å². The molecule has 0 fully saturated rings. The lowest BCUT2D eigenvalue weighted by molar-refractivity contribution is 0.412. The van der Waals surface area contributed by atoms with Gasteiger partial charge in [-0.3, -0.25) is 4.57 Å². The van der Waals surface area contributed by atoms with Gasteiger partial charge in [0.1, 0.15) is 11.6 Å². The smallest absolute Gasteiger partial charge is 0.152 e. The quantitative estimate of drug-likeness (QED) is 0.821. The van der Waals surface area contributed by atoms with Crippen molar-refractivity contribution in [3.05, 3.63) is 35.9 Å². The Balaban J connectivity index is 2.49. The first-order valence-corrected chi connectivity index (χ1v) is 6.67. The van der Waals surface area contributed by atoms with Crippen LogP contribution in [0.3, 0.4) is 0 Å². The molecule has 19 heavy (non-hydrogen) atoms. The first-order valence-electron chi connectivity index (χ1n) is 6.14. The van der Waals surface area contributed by atoms with Crippen LogP contribution in [0.2, 0.25) is 0 Å². The third kappa shape index (κ3) is 2.88. The fourth-order valence-electron chi connectivity index (χ4n) is 1.95. The summed E-state index contributed by atoms with van der Waals surface area (Å²) < 4.78 is 7.33. The summed E-state index contributed by atoms with van der Waals surface area (Å²) in [6.07, 6.45) is 1.62. The van der Waals surface area contributed by atoms with Gasteiger partial charge in [-0.05, 0) is 25.1 Å². The Morgan fingerprint density at radius 3 is 2.68 bits per heavy atom. The number of aromatic nitrogens is 3. The van der Waals surface area contributed by atoms with Crippen LogP contribution in [0.5, 0.6) is 5.75 Å². The number of hydrogen-bond donors (Lipinski definition) is 1. The lowest BCUT2D eigenvalue weighted by atomic mass is 10.2. The molecule has 1 aromatic carbocycles. The number of benzene rings is 1. The Morgan fingerprint density at radius 1 is 1.26 bits per heavy atom. The summed E-state index contributed by atoms with van der Waals surface area (Å²) in [6, 6.07) is 7.74. The molecule has 0 radical (unpaired) electrons. The second-order valence-corrected chi connectivity index (χ2v) is 4.33. The van der Waals surface area contributed by atoms with E-state index in [9.17, 15) is 0 Å². The summed E-state index contributed by atoms with van der Waals surface area (Å²) in [5.41, 5.74) is 6.45. The van der Waals surface area contributed by atoms with Crippen molar-refractivity contribution in [2.75, 3.05) is 13.7 Å². The Labute approximate surface area is 117 Å². The molecule has 0 aliphatic rings. The minimum absolute atomic E-state index is 0.299. The van der Waals surface area contributed by atoms with Gasteiger partial charge in [0.25, 0.3) is 0 Å². The Kier molecular flexibility index (Phi) is 4.76. The van der Waals surface area contributed by atoms with E-state index in [1.54, 1.807) is 7.11 Å². The Bertz CT molecular complexity index is 541. The number of alkyl halides is 1. The van der Waals surface area contributed by atoms with Crippen molar-refractivity contribution in [1.82, 2.24) is 14.8 Å². The molecule has 102 valence electrons. The highest BCUT2D eigenvalue weighted by Crippen LogP contribution is 2.25. The molecule has 2 aromatic rings. The maximum absolute atomic E-state index is 5.94. The number of aryl methyl sites for hydroxylation is 1. The number of nitrogens with two attached hydrogens (primary N) is 1. The van der Waals surface area contributed by atoms with Gasteiger partial charge in [0, 0.05) is 6.42 Å². The fraction of sp³-hybridized carbons (Fsp3) is 0.385. The largest absolute Gasteiger partial charge is 0.495 e. The van der Waals surface area contributed by atoms with Gasteiger partial charge in [0.2, 0.25) is 0 Å². The van der Waals surface area contributed by atoms with Gasteiger partial charge in [0.05, 0.1) is 18.7 Å². The molecule has 2 rings (SSSR count). The third-order valence-corrected chi connectivity index (χ3v) is 3.09. The number of nitrogens with zero attached hydrogens (tertiary/aromatic N) is 3. The van der Waals surface area contributed by atoms with Crippen LogP contribution in [-0.4, -0.2) is 28.4 Å². The van der Waals surface area contributed by atoms with Gasteiger partial charge in [-0.1, -0.05) is 12.1 Å². The third-order valence-electron chi connectivity index (χ3n) is 2.85. The number of rotatable bonds is 6. The molecule has 0 amide bonds. The first kappa shape index (κ1) is 13.8. The molecule has 0 bridgehead atoms. The number of ether oxygens (including phenoxy) is 1. The maximum Gasteiger partial charge on any atom is 0.152 e. The molecular weight excluding hydrogens is 264 g/mol. The van der Waals surface area contributed by atoms with Crippen molar-refractivity contribution in [1.29, 1.82) is 0 Å². The van der Waals surface area contributed by atoms with E-state index in [1.807, 2.05) is 28.8 Å². The Morgan fingerprint density at radius 2 is 2.00 bits per heavy atom. The number of para-hydroxylation sites is 2. The van der Waals surface area contributed by atoms with Crippen molar-refractivity contribution in [2.45, 2.75) is 18.7 Å². The van der Waals surface area contributed by atoms with Crippen LogP contribution in [0.1, 0.15) is 18.1 Å². The molecule has 0 unspecified atom stereocenters. The summed E-state index contributed by atoms with van der Waals surface area (Å²) in [5.74, 6) is 2.62. The summed E-state index contributed by atoms with van der Waals surface area (Å²) in [7, 11) is 1.64. The predicted octanol–water partition coefficient (Wildman–Crippen LogP) is 1.91. The molecule has 2 N–H and O–H groups in total. The SMILES string of the molecule is COc1ccccc1-n1c(CCl)nnc1CCCN. The minimum Gasteiger partial charge on any atom is -0.495 e. The summed E-state index contributed by atoms with van der Waals surface area (Å²) in [5, 5.41) is 8.32. The molecule has 1 aromatic heterocycles. The fourth-order valence-corrected chi connectivity index (χ4v) is 2.13. The number of methoxy groups -OCH3 is 1. The van der Waals surface area contributed by atoms with Crippen molar-refractivity contribution >= 4 is 11.6 Å². The van der Waals surface area contributed by atoms with E-state index in [2.05, 4.69) is 10.2 Å². The van der Waals surface area contributed by atoms with E-state index < -0.39 is 0 Å². The monoisotopic (exact) mass is 280 g/mol. The molecule has 1 heterocycles. The van der Waals surface area contributed by atoms with Crippen LogP contribution >= 0.6 is 11.6 Å². The van der Waals surface area contributed by atoms with Crippen LogP contribution in [0, 0.1) is 0 Å². The van der Waals surface area contributed by atoms with E-state index in [4.69, 9.17) is 22.1 Å². The van der Waals surface area contributed by atoms with Crippen molar-refractivity contribution in [3.8, 4) is 11.4 Å². The van der Waals surface area contributed by atoms with Crippen LogP contribution < -0.4 is 10.5 Å². The zero-order valence-corrected chi connectivity index (χ0v) is 11.6. The normalized spacial score (nSPS) is 10.7. The maximum atomic E-state index is 5.94. The van der Waals surface area contributed by atoms with Crippen molar-refractivity contribution in [3.63, 3.8) is 0 Å². The molecule has 0 spiro atoms. The molecule has 0 saturated heterocycles. The second kappa shape index (κ2) is 6.54. The predicted molar refractivity (Wildman–Crippen MR) is 74.8 cm³/mol. The zero-order chi connectivity index (χ0) is 13.7. The summed E-state index contributed by atoms with van der Waals surface area (Å²) >= 11 is 5.94. The number of halogens is 1. The van der Waals surface area contributed by atoms with Gasteiger partial charge in [-0.25, -0.2) is 0 Å². The average Bonchev–Trinajstić information content (AvgIpc) is 2.87. The van der Waals surface area contributed by atoms with Gasteiger partial charge >= 0.3 is 0 Å². The molecule has 0 aliphatic heterocycles. The van der Waals surface area contributed by atoms with Crippen molar-refractivity contribution in [2.24, 2.45) is 5.73 Å². The standard InChI is InChI=1S/C13H17ClN4O/c1-19-11-6-3-2-5-10(11)18-12(7-4-8-15)16-17-13(18)9-14/h2-3,5-6H,4,7-9,15H2,1H3. The lowest BCUT2D eigenvalue weighted by Crippen LogP contribution is -2.08. The van der Waals surface area contributed by atoms with Crippen LogP contribution in [0.25, 0.3) is 5.69 Å². The minimum atomic E-state index is 0.299. The molecule has 6 heteroatoms. The molecule has 0 atom stereocenters. The Hall–Kier alpha value is -1.59. The molecule has 0 saturated carbocycles. The highest BCUT2D eigenvalue weighted by molar-refractivity contribution is 6.16. The van der Waals surface area contributed by atoms with E-state index in [0.717, 1.165) is 30.1 Å². The van der Waals surface area contributed by atoms with Crippen LogP contribution in [0.4, 0.5) is 0 Å². The molecular formula is C13H17ClN4O. The van der Waals surface area contributed by atoms with E-state index in [0.29, 0.717) is 18.2 Å². The number of hydrogen-bond acceptors (Lipinski definition) is 4. The van der Waals surface area contributed by atoms with Gasteiger partial charge < -0.3 is 10.5 Å². The van der Waals surface area contributed by atoms with Gasteiger partial charge in [-0.15, -0.1) is 21.8 Å². The topological polar surface area (TPSA) is 66.0 Å². The molecule has 0 aliphatic carbocycles. The van der Waals surface area contributed by atoms with E-state index in [-0.39, 0.29) is 0 Å². The molecule has 5 nitrogen and oxygen atoms in total. The van der Waals surface area contributed by atoms with Crippen molar-refractivity contribution < 1.29 is 4.74 Å².